The Morgan fingerprint density at radius 1 is 1.21 bits per heavy atom. The molecule has 1 aromatic carbocycles. The Morgan fingerprint density at radius 2 is 1.96 bits per heavy atom. The highest BCUT2D eigenvalue weighted by molar-refractivity contribution is 8.18. The summed E-state index contributed by atoms with van der Waals surface area (Å²) in [6.45, 7) is -0.644. The van der Waals surface area contributed by atoms with E-state index in [1.54, 1.807) is 12.1 Å². The third-order valence-corrected chi connectivity index (χ3v) is 4.84. The monoisotopic (exact) mass is 361 g/mol. The first-order chi connectivity index (χ1) is 11.5. The van der Waals surface area contributed by atoms with E-state index in [2.05, 4.69) is 0 Å². The summed E-state index contributed by atoms with van der Waals surface area (Å²) < 4.78 is 5.62. The van der Waals surface area contributed by atoms with Crippen LogP contribution in [0.5, 0.6) is 0 Å². The van der Waals surface area contributed by atoms with Crippen LogP contribution in [0.15, 0.2) is 61.8 Å². The van der Waals surface area contributed by atoms with Crippen molar-refractivity contribution < 1.29 is 23.9 Å². The Balaban J connectivity index is 1.74. The minimum atomic E-state index is -1.24. The number of carbonyl (C=O) groups excluding carboxylic acids is 2. The van der Waals surface area contributed by atoms with Crippen molar-refractivity contribution in [3.63, 3.8) is 0 Å². The quantitative estimate of drug-likeness (QED) is 0.815. The van der Waals surface area contributed by atoms with Gasteiger partial charge in [-0.25, -0.2) is 0 Å². The maximum atomic E-state index is 12.1. The lowest BCUT2D eigenvalue weighted by atomic mass is 10.3. The lowest BCUT2D eigenvalue weighted by Gasteiger charge is -2.07. The molecule has 0 aliphatic carbocycles. The second-order valence-corrected chi connectivity index (χ2v) is 6.80. The molecule has 1 fully saturated rings. The molecule has 0 bridgehead atoms. The molecule has 0 unspecified atom stereocenters. The molecule has 1 aliphatic rings. The Morgan fingerprint density at radius 3 is 2.67 bits per heavy atom. The second-order valence-electron chi connectivity index (χ2n) is 4.73. The normalized spacial score (nSPS) is 16.2. The van der Waals surface area contributed by atoms with Gasteiger partial charge in [-0.1, -0.05) is 30.0 Å². The molecule has 1 N–H and O–H groups in total. The topological polar surface area (TPSA) is 87.8 Å². The number of carboxylic acid groups (broad SMARTS) is 1. The van der Waals surface area contributed by atoms with Gasteiger partial charge in [0.2, 0.25) is 0 Å². The number of hydrogen-bond acceptors (Lipinski definition) is 6. The average Bonchev–Trinajstić information content (AvgIpc) is 3.08. The molecule has 2 amide bonds. The Kier molecular flexibility index (Phi) is 4.77. The summed E-state index contributed by atoms with van der Waals surface area (Å²) in [5.41, 5.74) is 0. The Labute approximate surface area is 145 Å². The van der Waals surface area contributed by atoms with Gasteiger partial charge in [-0.2, -0.15) is 0 Å². The fraction of sp³-hybridized carbons (Fsp3) is 0.0625. The van der Waals surface area contributed by atoms with Crippen molar-refractivity contribution in [2.45, 2.75) is 9.99 Å². The number of nitrogens with zero attached hydrogens (tertiary/aromatic N) is 1. The summed E-state index contributed by atoms with van der Waals surface area (Å²) >= 11 is 2.13. The van der Waals surface area contributed by atoms with E-state index >= 15 is 0 Å². The molecule has 2 aromatic rings. The molecule has 0 spiro atoms. The van der Waals surface area contributed by atoms with Gasteiger partial charge >= 0.3 is 5.97 Å². The average molecular weight is 361 g/mol. The molecule has 0 radical (unpaired) electrons. The molecular formula is C16H11NO5S2. The van der Waals surface area contributed by atoms with Gasteiger partial charge in [-0.3, -0.25) is 19.3 Å². The number of amides is 2. The lowest BCUT2D eigenvalue weighted by Crippen LogP contribution is -2.33. The van der Waals surface area contributed by atoms with Crippen LogP contribution in [0.25, 0.3) is 6.08 Å². The van der Waals surface area contributed by atoms with E-state index in [9.17, 15) is 14.4 Å². The van der Waals surface area contributed by atoms with Gasteiger partial charge in [0.25, 0.3) is 11.1 Å². The number of aliphatic carboxylic acids is 1. The van der Waals surface area contributed by atoms with Gasteiger partial charge in [-0.15, -0.1) is 0 Å². The van der Waals surface area contributed by atoms with Crippen LogP contribution in [0.1, 0.15) is 5.76 Å². The molecule has 6 nitrogen and oxygen atoms in total. The van der Waals surface area contributed by atoms with Gasteiger partial charge < -0.3 is 9.52 Å². The maximum Gasteiger partial charge on any atom is 0.323 e. The van der Waals surface area contributed by atoms with Crippen molar-refractivity contribution in [2.75, 3.05) is 6.54 Å². The Bertz CT molecular complexity index is 828. The standard InChI is InChI=1S/C16H11NO5S2/c18-13(19)9-17-15(20)12(24-16(17)21)8-10-6-7-14(22-10)23-11-4-2-1-3-5-11/h1-8H,9H2,(H,18,19)/b12-8+. The number of hydrogen-bond donors (Lipinski definition) is 1. The van der Waals surface area contributed by atoms with E-state index in [0.29, 0.717) is 27.5 Å². The molecule has 1 aromatic heterocycles. The predicted molar refractivity (Wildman–Crippen MR) is 89.6 cm³/mol. The predicted octanol–water partition coefficient (Wildman–Crippen LogP) is 3.55. The number of benzene rings is 1. The van der Waals surface area contributed by atoms with Crippen molar-refractivity contribution in [3.8, 4) is 0 Å². The number of imide groups is 1. The van der Waals surface area contributed by atoms with Crippen LogP contribution in [0.4, 0.5) is 4.79 Å². The van der Waals surface area contributed by atoms with Crippen LogP contribution in [-0.4, -0.2) is 33.7 Å². The molecule has 1 saturated heterocycles. The number of carbonyl (C=O) groups is 3. The van der Waals surface area contributed by atoms with Crippen molar-refractivity contribution in [1.29, 1.82) is 0 Å². The lowest BCUT2D eigenvalue weighted by molar-refractivity contribution is -0.140. The fourth-order valence-electron chi connectivity index (χ4n) is 1.97. The summed E-state index contributed by atoms with van der Waals surface area (Å²) in [5, 5.41) is 8.78. The van der Waals surface area contributed by atoms with E-state index in [1.165, 1.54) is 17.8 Å². The highest BCUT2D eigenvalue weighted by Gasteiger charge is 2.36. The van der Waals surface area contributed by atoms with Crippen LogP contribution in [-0.2, 0) is 9.59 Å². The summed E-state index contributed by atoms with van der Waals surface area (Å²) in [7, 11) is 0. The first-order valence-electron chi connectivity index (χ1n) is 6.83. The van der Waals surface area contributed by atoms with E-state index in [-0.39, 0.29) is 4.91 Å². The first-order valence-corrected chi connectivity index (χ1v) is 8.46. The smallest absolute Gasteiger partial charge is 0.323 e. The largest absolute Gasteiger partial charge is 0.480 e. The number of thioether (sulfide) groups is 1. The van der Waals surface area contributed by atoms with Crippen LogP contribution in [0.2, 0.25) is 0 Å². The second kappa shape index (κ2) is 6.98. The highest BCUT2D eigenvalue weighted by atomic mass is 32.2. The molecule has 8 heteroatoms. The molecule has 24 heavy (non-hydrogen) atoms. The summed E-state index contributed by atoms with van der Waals surface area (Å²) in [4.78, 5) is 36.3. The summed E-state index contributed by atoms with van der Waals surface area (Å²) in [5.74, 6) is -1.44. The van der Waals surface area contributed by atoms with Crippen molar-refractivity contribution in [1.82, 2.24) is 4.90 Å². The zero-order chi connectivity index (χ0) is 17.1. The van der Waals surface area contributed by atoms with Gasteiger partial charge in [0, 0.05) is 11.0 Å². The van der Waals surface area contributed by atoms with Crippen molar-refractivity contribution >= 4 is 46.7 Å². The van der Waals surface area contributed by atoms with Gasteiger partial charge in [-0.05, 0) is 36.0 Å². The summed E-state index contributed by atoms with van der Waals surface area (Å²) in [6, 6.07) is 13.1. The minimum Gasteiger partial charge on any atom is -0.480 e. The van der Waals surface area contributed by atoms with Gasteiger partial charge in [0.1, 0.15) is 12.3 Å². The van der Waals surface area contributed by atoms with Crippen LogP contribution >= 0.6 is 23.5 Å². The molecule has 0 saturated carbocycles. The molecule has 1 aliphatic heterocycles. The van der Waals surface area contributed by atoms with Crippen LogP contribution in [0.3, 0.4) is 0 Å². The molecule has 122 valence electrons. The molecule has 0 atom stereocenters. The Hall–Kier alpha value is -2.45. The molecule has 3 rings (SSSR count). The zero-order valence-electron chi connectivity index (χ0n) is 12.2. The first kappa shape index (κ1) is 16.4. The van der Waals surface area contributed by atoms with E-state index < -0.39 is 23.7 Å². The SMILES string of the molecule is O=C(O)CN1C(=O)S/C(=C/c2ccc(Sc3ccccc3)o2)C1=O. The molecule has 2 heterocycles. The highest BCUT2D eigenvalue weighted by Crippen LogP contribution is 2.34. The fourth-order valence-corrected chi connectivity index (χ4v) is 3.59. The van der Waals surface area contributed by atoms with Crippen LogP contribution in [0, 0.1) is 0 Å². The van der Waals surface area contributed by atoms with Crippen LogP contribution < -0.4 is 0 Å². The third-order valence-electron chi connectivity index (χ3n) is 3.00. The van der Waals surface area contributed by atoms with Gasteiger partial charge in [0.05, 0.1) is 4.91 Å². The van der Waals surface area contributed by atoms with E-state index in [1.807, 2.05) is 30.3 Å². The number of furan rings is 1. The van der Waals surface area contributed by atoms with Crippen molar-refractivity contribution in [3.05, 3.63) is 53.1 Å². The third kappa shape index (κ3) is 3.72. The molecular weight excluding hydrogens is 350 g/mol. The maximum absolute atomic E-state index is 12.1. The summed E-state index contributed by atoms with van der Waals surface area (Å²) in [6.07, 6.45) is 1.45. The number of carboxylic acids is 1. The zero-order valence-corrected chi connectivity index (χ0v) is 13.8. The number of rotatable bonds is 5. The van der Waals surface area contributed by atoms with E-state index in [4.69, 9.17) is 9.52 Å². The van der Waals surface area contributed by atoms with E-state index in [0.717, 1.165) is 4.90 Å². The minimum absolute atomic E-state index is 0.145. The van der Waals surface area contributed by atoms with Gasteiger partial charge in [0.15, 0.2) is 5.09 Å². The van der Waals surface area contributed by atoms with Crippen molar-refractivity contribution in [2.24, 2.45) is 0 Å².